The lowest BCUT2D eigenvalue weighted by Crippen LogP contribution is -2.48. The third-order valence-corrected chi connectivity index (χ3v) is 7.66. The number of likely N-dealkylation sites (N-methyl/N-ethyl adjacent to an activating group) is 1. The summed E-state index contributed by atoms with van der Waals surface area (Å²) in [4.78, 5) is 31.9. The highest BCUT2D eigenvalue weighted by atomic mass is 32.2. The van der Waals surface area contributed by atoms with Gasteiger partial charge >= 0.3 is 0 Å². The fourth-order valence-corrected chi connectivity index (χ4v) is 5.36. The second-order valence-electron chi connectivity index (χ2n) is 8.25. The Labute approximate surface area is 207 Å². The molecule has 0 bridgehead atoms. The molecule has 2 heterocycles. The summed E-state index contributed by atoms with van der Waals surface area (Å²) in [6.07, 6.45) is 3.84. The van der Waals surface area contributed by atoms with Gasteiger partial charge in [0.05, 0.1) is 10.2 Å². The molecule has 4 rings (SSSR count). The first-order valence-electron chi connectivity index (χ1n) is 11.0. The molecule has 1 fully saturated rings. The highest BCUT2D eigenvalue weighted by Crippen LogP contribution is 2.15. The monoisotopic (exact) mass is 490 g/mol. The van der Waals surface area contributed by atoms with E-state index in [2.05, 4.69) is 11.0 Å². The maximum absolute atomic E-state index is 13.6. The molecule has 1 amide bonds. The summed E-state index contributed by atoms with van der Waals surface area (Å²) in [6.45, 7) is 4.57. The smallest absolute Gasteiger partial charge is 0.273 e. The molecule has 0 saturated carbocycles. The van der Waals surface area contributed by atoms with E-state index in [0.29, 0.717) is 28.0 Å². The zero-order valence-electron chi connectivity index (χ0n) is 19.4. The molecular formula is C26H26N4O2S2. The number of carbonyl (C=O) groups excluding carboxylic acids is 1. The molecule has 1 aromatic heterocycles. The van der Waals surface area contributed by atoms with Gasteiger partial charge in [0.1, 0.15) is 10.7 Å². The lowest BCUT2D eigenvalue weighted by Gasteiger charge is -2.32. The van der Waals surface area contributed by atoms with Crippen molar-refractivity contribution in [3.8, 4) is 11.8 Å². The molecule has 1 aliphatic heterocycles. The molecule has 174 valence electrons. The third-order valence-electron chi connectivity index (χ3n) is 5.83. The first kappa shape index (κ1) is 24.0. The predicted molar refractivity (Wildman–Crippen MR) is 139 cm³/mol. The van der Waals surface area contributed by atoms with Gasteiger partial charge in [0, 0.05) is 31.1 Å². The Morgan fingerprint density at radius 2 is 1.82 bits per heavy atom. The van der Waals surface area contributed by atoms with Crippen molar-refractivity contribution in [3.05, 3.63) is 79.2 Å². The number of nitriles is 1. The predicted octanol–water partition coefficient (Wildman–Crippen LogP) is 2.21. The molecule has 0 unspecified atom stereocenters. The van der Waals surface area contributed by atoms with E-state index in [0.717, 1.165) is 29.1 Å². The Hall–Kier alpha value is -3.12. The van der Waals surface area contributed by atoms with E-state index in [-0.39, 0.29) is 17.0 Å². The molecule has 0 atom stereocenters. The van der Waals surface area contributed by atoms with Crippen LogP contribution in [0.3, 0.4) is 0 Å². The number of benzene rings is 2. The zero-order chi connectivity index (χ0) is 24.2. The van der Waals surface area contributed by atoms with Gasteiger partial charge < -0.3 is 9.80 Å². The Kier molecular flexibility index (Phi) is 7.37. The second-order valence-corrected chi connectivity index (χ2v) is 10.2. The molecule has 34 heavy (non-hydrogen) atoms. The maximum Gasteiger partial charge on any atom is 0.273 e. The summed E-state index contributed by atoms with van der Waals surface area (Å²) in [7, 11) is 2.01. The highest BCUT2D eigenvalue weighted by Gasteiger charge is 2.25. The average molecular weight is 491 g/mol. The van der Waals surface area contributed by atoms with E-state index < -0.39 is 0 Å². The summed E-state index contributed by atoms with van der Waals surface area (Å²) in [5.41, 5.74) is 2.29. The summed E-state index contributed by atoms with van der Waals surface area (Å²) < 4.78 is 2.35. The van der Waals surface area contributed by atoms with Crippen molar-refractivity contribution in [2.24, 2.45) is 0 Å². The highest BCUT2D eigenvalue weighted by molar-refractivity contribution is 7.98. The van der Waals surface area contributed by atoms with Crippen LogP contribution in [0, 0.1) is 18.3 Å². The van der Waals surface area contributed by atoms with Gasteiger partial charge in [0.2, 0.25) is 0 Å². The van der Waals surface area contributed by atoms with E-state index >= 15 is 0 Å². The van der Waals surface area contributed by atoms with Crippen LogP contribution in [0.4, 0.5) is 0 Å². The normalized spacial score (nSPS) is 15.8. The fraction of sp³-hybridized carbons (Fsp3) is 0.269. The number of hydrogen-bond donors (Lipinski definition) is 0. The van der Waals surface area contributed by atoms with E-state index in [1.54, 1.807) is 16.7 Å². The lowest BCUT2D eigenvalue weighted by molar-refractivity contribution is -0.126. The Balaban J connectivity index is 1.94. The number of aryl methyl sites for hydroxylation is 1. The number of thioether (sulfide) groups is 1. The van der Waals surface area contributed by atoms with Crippen LogP contribution in [0.25, 0.3) is 17.3 Å². The minimum absolute atomic E-state index is 0.00513. The van der Waals surface area contributed by atoms with Crippen molar-refractivity contribution < 1.29 is 4.79 Å². The number of nitrogens with zero attached hydrogens (tertiary/aromatic N) is 4. The summed E-state index contributed by atoms with van der Waals surface area (Å²) in [5.74, 6) is -0.325. The van der Waals surface area contributed by atoms with E-state index in [4.69, 9.17) is 0 Å². The number of amides is 1. The van der Waals surface area contributed by atoms with Gasteiger partial charge in [-0.15, -0.1) is 23.1 Å². The molecule has 6 nitrogen and oxygen atoms in total. The van der Waals surface area contributed by atoms with Crippen LogP contribution in [0.2, 0.25) is 0 Å². The quantitative estimate of drug-likeness (QED) is 0.525. The Morgan fingerprint density at radius 1 is 1.12 bits per heavy atom. The van der Waals surface area contributed by atoms with Crippen LogP contribution in [0.15, 0.2) is 58.2 Å². The van der Waals surface area contributed by atoms with Crippen LogP contribution < -0.4 is 14.8 Å². The molecule has 0 aliphatic carbocycles. The van der Waals surface area contributed by atoms with Crippen molar-refractivity contribution in [2.45, 2.75) is 11.8 Å². The first-order chi connectivity index (χ1) is 16.4. The Bertz CT molecular complexity index is 1420. The number of hydrogen-bond acceptors (Lipinski definition) is 6. The van der Waals surface area contributed by atoms with Gasteiger partial charge in [0.15, 0.2) is 5.57 Å². The van der Waals surface area contributed by atoms with Gasteiger partial charge in [0.25, 0.3) is 11.5 Å². The van der Waals surface area contributed by atoms with Crippen LogP contribution in [-0.4, -0.2) is 59.8 Å². The number of aromatic nitrogens is 1. The molecule has 0 spiro atoms. The van der Waals surface area contributed by atoms with Crippen LogP contribution in [0.1, 0.15) is 11.1 Å². The molecule has 0 radical (unpaired) electrons. The number of thiazole rings is 1. The van der Waals surface area contributed by atoms with Crippen LogP contribution in [0.5, 0.6) is 0 Å². The Morgan fingerprint density at radius 3 is 2.44 bits per heavy atom. The SMILES string of the molecule is CSc1ccc(/C=c2\s/c(=C(/C#N)C(=O)N3CCN(C)CC3)n(-c3cccc(C)c3)c2=O)cc1. The number of rotatable bonds is 4. The average Bonchev–Trinajstić information content (AvgIpc) is 3.15. The maximum atomic E-state index is 13.6. The van der Waals surface area contributed by atoms with Crippen molar-refractivity contribution in [2.75, 3.05) is 39.5 Å². The molecule has 8 heteroatoms. The van der Waals surface area contributed by atoms with Gasteiger partial charge in [-0.05, 0) is 61.7 Å². The molecule has 0 N–H and O–H groups in total. The lowest BCUT2D eigenvalue weighted by atomic mass is 10.2. The van der Waals surface area contributed by atoms with Crippen molar-refractivity contribution in [1.82, 2.24) is 14.4 Å². The molecule has 1 saturated heterocycles. The van der Waals surface area contributed by atoms with E-state index in [1.807, 2.05) is 74.8 Å². The minimum Gasteiger partial charge on any atom is -0.335 e. The third kappa shape index (κ3) is 5.02. The fourth-order valence-electron chi connectivity index (χ4n) is 3.86. The van der Waals surface area contributed by atoms with Gasteiger partial charge in [-0.3, -0.25) is 14.2 Å². The van der Waals surface area contributed by atoms with Gasteiger partial charge in [-0.1, -0.05) is 24.3 Å². The number of piperazine rings is 1. The van der Waals surface area contributed by atoms with Gasteiger partial charge in [-0.25, -0.2) is 0 Å². The standard InChI is InChI=1S/C26H26N4O2S2/c1-18-5-4-6-20(15-18)30-25(32)23(16-19-7-9-21(33-3)10-8-19)34-26(30)22(17-27)24(31)29-13-11-28(2)12-14-29/h4-10,15-16H,11-14H2,1-3H3/b23-16-,26-22-. The van der Waals surface area contributed by atoms with E-state index in [9.17, 15) is 14.9 Å². The largest absolute Gasteiger partial charge is 0.335 e. The van der Waals surface area contributed by atoms with Gasteiger partial charge in [-0.2, -0.15) is 5.26 Å². The molecule has 2 aromatic carbocycles. The minimum atomic E-state index is -0.325. The summed E-state index contributed by atoms with van der Waals surface area (Å²) in [6, 6.07) is 17.6. The van der Waals surface area contributed by atoms with Crippen molar-refractivity contribution in [3.63, 3.8) is 0 Å². The summed E-state index contributed by atoms with van der Waals surface area (Å²) in [5, 5.41) is 10.0. The van der Waals surface area contributed by atoms with Crippen molar-refractivity contribution >= 4 is 40.7 Å². The number of carbonyl (C=O) groups is 1. The molecular weight excluding hydrogens is 464 g/mol. The molecule has 1 aliphatic rings. The van der Waals surface area contributed by atoms with E-state index in [1.165, 1.54) is 15.9 Å². The first-order valence-corrected chi connectivity index (χ1v) is 13.0. The van der Waals surface area contributed by atoms with Crippen LogP contribution in [-0.2, 0) is 4.79 Å². The van der Waals surface area contributed by atoms with Crippen molar-refractivity contribution in [1.29, 1.82) is 5.26 Å². The van der Waals surface area contributed by atoms with Crippen LogP contribution >= 0.6 is 23.1 Å². The molecule has 3 aromatic rings. The topological polar surface area (TPSA) is 69.3 Å². The second kappa shape index (κ2) is 10.4. The summed E-state index contributed by atoms with van der Waals surface area (Å²) >= 11 is 2.84. The zero-order valence-corrected chi connectivity index (χ0v) is 21.1.